The van der Waals surface area contributed by atoms with Gasteiger partial charge in [0.25, 0.3) is 0 Å². The van der Waals surface area contributed by atoms with Crippen molar-refractivity contribution >= 4 is 5.91 Å². The topological polar surface area (TPSA) is 64.8 Å². The normalized spacial score (nSPS) is 19.4. The molecule has 2 N–H and O–H groups in total. The number of likely N-dealkylation sites (tertiary alicyclic amines) is 1. The van der Waals surface area contributed by atoms with Crippen molar-refractivity contribution in [2.45, 2.75) is 24.8 Å². The van der Waals surface area contributed by atoms with Gasteiger partial charge in [0.1, 0.15) is 0 Å². The van der Waals surface area contributed by atoms with Crippen molar-refractivity contribution < 1.29 is 14.3 Å². The standard InChI is InChI=1S/C21H26N2O3/c1-25-19-10-8-15(12-20(19)26-2)9-11-21(24)23-13-17(18(22)14-23)16-6-4-3-5-7-16/h3-8,10,12,17-18H,9,11,13-14,22H2,1-2H3/t17-,18+/m0/s1. The van der Waals surface area contributed by atoms with E-state index in [0.29, 0.717) is 37.4 Å². The van der Waals surface area contributed by atoms with Gasteiger partial charge >= 0.3 is 0 Å². The first-order valence-electron chi connectivity index (χ1n) is 8.91. The maximum absolute atomic E-state index is 12.6. The fraction of sp³-hybridized carbons (Fsp3) is 0.381. The minimum Gasteiger partial charge on any atom is -0.493 e. The molecule has 0 aromatic heterocycles. The Morgan fingerprint density at radius 3 is 2.50 bits per heavy atom. The molecule has 3 rings (SSSR count). The van der Waals surface area contributed by atoms with E-state index in [1.165, 1.54) is 5.56 Å². The molecular weight excluding hydrogens is 328 g/mol. The van der Waals surface area contributed by atoms with E-state index in [2.05, 4.69) is 12.1 Å². The van der Waals surface area contributed by atoms with Crippen LogP contribution in [0.1, 0.15) is 23.5 Å². The second-order valence-electron chi connectivity index (χ2n) is 6.67. The summed E-state index contributed by atoms with van der Waals surface area (Å²) in [6, 6.07) is 16.0. The molecule has 5 heteroatoms. The highest BCUT2D eigenvalue weighted by Gasteiger charge is 2.33. The zero-order chi connectivity index (χ0) is 18.5. The number of hydrogen-bond acceptors (Lipinski definition) is 4. The van der Waals surface area contributed by atoms with E-state index in [-0.39, 0.29) is 17.9 Å². The Morgan fingerprint density at radius 1 is 1.08 bits per heavy atom. The van der Waals surface area contributed by atoms with Crippen LogP contribution in [0.15, 0.2) is 48.5 Å². The molecule has 5 nitrogen and oxygen atoms in total. The molecule has 2 aromatic rings. The van der Waals surface area contributed by atoms with Gasteiger partial charge in [-0.3, -0.25) is 4.79 Å². The van der Waals surface area contributed by atoms with E-state index >= 15 is 0 Å². The summed E-state index contributed by atoms with van der Waals surface area (Å²) >= 11 is 0. The lowest BCUT2D eigenvalue weighted by Gasteiger charge is -2.17. The maximum Gasteiger partial charge on any atom is 0.222 e. The average Bonchev–Trinajstić information content (AvgIpc) is 3.08. The number of benzene rings is 2. The van der Waals surface area contributed by atoms with Crippen molar-refractivity contribution in [1.82, 2.24) is 4.90 Å². The number of amides is 1. The third kappa shape index (κ3) is 3.99. The molecule has 26 heavy (non-hydrogen) atoms. The summed E-state index contributed by atoms with van der Waals surface area (Å²) < 4.78 is 10.6. The van der Waals surface area contributed by atoms with Crippen molar-refractivity contribution in [3.63, 3.8) is 0 Å². The van der Waals surface area contributed by atoms with E-state index in [4.69, 9.17) is 15.2 Å². The molecule has 1 saturated heterocycles. The van der Waals surface area contributed by atoms with Crippen LogP contribution in [0.5, 0.6) is 11.5 Å². The molecule has 0 bridgehead atoms. The average molecular weight is 354 g/mol. The van der Waals surface area contributed by atoms with Gasteiger partial charge in [-0.05, 0) is 29.7 Å². The molecule has 1 fully saturated rings. The molecule has 1 amide bonds. The molecule has 0 radical (unpaired) electrons. The van der Waals surface area contributed by atoms with Gasteiger partial charge in [0.05, 0.1) is 14.2 Å². The minimum atomic E-state index is -0.0116. The number of rotatable bonds is 6. The lowest BCUT2D eigenvalue weighted by atomic mass is 9.95. The number of nitrogens with zero attached hydrogens (tertiary/aromatic N) is 1. The molecule has 2 atom stereocenters. The van der Waals surface area contributed by atoms with Gasteiger partial charge in [0.2, 0.25) is 5.91 Å². The van der Waals surface area contributed by atoms with Gasteiger partial charge in [-0.25, -0.2) is 0 Å². The van der Waals surface area contributed by atoms with E-state index in [1.54, 1.807) is 14.2 Å². The maximum atomic E-state index is 12.6. The van der Waals surface area contributed by atoms with Crippen molar-refractivity contribution in [2.75, 3.05) is 27.3 Å². The Morgan fingerprint density at radius 2 is 1.81 bits per heavy atom. The molecule has 138 valence electrons. The van der Waals surface area contributed by atoms with Crippen LogP contribution in [0, 0.1) is 0 Å². The van der Waals surface area contributed by atoms with E-state index in [0.717, 1.165) is 5.56 Å². The van der Waals surface area contributed by atoms with Gasteiger partial charge in [-0.15, -0.1) is 0 Å². The number of carbonyl (C=O) groups is 1. The third-order valence-corrected chi connectivity index (χ3v) is 5.02. The second kappa shape index (κ2) is 8.23. The first-order chi connectivity index (χ1) is 12.6. The molecule has 1 aliphatic rings. The Labute approximate surface area is 154 Å². The van der Waals surface area contributed by atoms with Crippen molar-refractivity contribution in [3.8, 4) is 11.5 Å². The summed E-state index contributed by atoms with van der Waals surface area (Å²) in [4.78, 5) is 14.5. The molecule has 0 saturated carbocycles. The summed E-state index contributed by atoms with van der Waals surface area (Å²) in [7, 11) is 3.23. The highest BCUT2D eigenvalue weighted by atomic mass is 16.5. The van der Waals surface area contributed by atoms with Gasteiger partial charge in [-0.2, -0.15) is 0 Å². The highest BCUT2D eigenvalue weighted by Crippen LogP contribution is 2.29. The Balaban J connectivity index is 1.59. The van der Waals surface area contributed by atoms with Crippen LogP contribution in [0.3, 0.4) is 0 Å². The zero-order valence-corrected chi connectivity index (χ0v) is 15.4. The first kappa shape index (κ1) is 18.3. The molecule has 0 aliphatic carbocycles. The van der Waals surface area contributed by atoms with Gasteiger partial charge < -0.3 is 20.1 Å². The molecular formula is C21H26N2O3. The van der Waals surface area contributed by atoms with Crippen molar-refractivity contribution in [2.24, 2.45) is 5.73 Å². The van der Waals surface area contributed by atoms with Gasteiger partial charge in [-0.1, -0.05) is 36.4 Å². The van der Waals surface area contributed by atoms with Crippen LogP contribution in [-0.4, -0.2) is 44.2 Å². The predicted octanol–water partition coefficient (Wildman–Crippen LogP) is 2.59. The Bertz CT molecular complexity index is 748. The fourth-order valence-electron chi connectivity index (χ4n) is 3.53. The summed E-state index contributed by atoms with van der Waals surface area (Å²) in [5.74, 6) is 1.73. The van der Waals surface area contributed by atoms with E-state index in [9.17, 15) is 4.79 Å². The van der Waals surface area contributed by atoms with Crippen LogP contribution in [0.2, 0.25) is 0 Å². The van der Waals surface area contributed by atoms with Crippen LogP contribution in [-0.2, 0) is 11.2 Å². The number of carbonyl (C=O) groups excluding carboxylic acids is 1. The molecule has 2 aromatic carbocycles. The predicted molar refractivity (Wildman–Crippen MR) is 102 cm³/mol. The number of aryl methyl sites for hydroxylation is 1. The van der Waals surface area contributed by atoms with Crippen LogP contribution < -0.4 is 15.2 Å². The molecule has 1 aliphatic heterocycles. The van der Waals surface area contributed by atoms with Crippen molar-refractivity contribution in [1.29, 1.82) is 0 Å². The minimum absolute atomic E-state index is 0.0116. The van der Waals surface area contributed by atoms with Gasteiger partial charge in [0.15, 0.2) is 11.5 Å². The fourth-order valence-corrected chi connectivity index (χ4v) is 3.53. The largest absolute Gasteiger partial charge is 0.493 e. The van der Waals surface area contributed by atoms with Crippen molar-refractivity contribution in [3.05, 3.63) is 59.7 Å². The third-order valence-electron chi connectivity index (χ3n) is 5.02. The smallest absolute Gasteiger partial charge is 0.222 e. The summed E-state index contributed by atoms with van der Waals surface area (Å²) in [5, 5.41) is 0. The lowest BCUT2D eigenvalue weighted by molar-refractivity contribution is -0.130. The lowest BCUT2D eigenvalue weighted by Crippen LogP contribution is -2.32. The Kier molecular flexibility index (Phi) is 5.78. The summed E-state index contributed by atoms with van der Waals surface area (Å²) in [6.45, 7) is 1.31. The SMILES string of the molecule is COc1ccc(CCC(=O)N2C[C@@H](N)[C@H](c3ccccc3)C2)cc1OC. The van der Waals surface area contributed by atoms with E-state index in [1.807, 2.05) is 41.3 Å². The quantitative estimate of drug-likeness (QED) is 0.866. The summed E-state index contributed by atoms with van der Waals surface area (Å²) in [5.41, 5.74) is 8.55. The highest BCUT2D eigenvalue weighted by molar-refractivity contribution is 5.77. The van der Waals surface area contributed by atoms with Crippen LogP contribution >= 0.6 is 0 Å². The number of ether oxygens (including phenoxy) is 2. The molecule has 0 spiro atoms. The monoisotopic (exact) mass is 354 g/mol. The first-order valence-corrected chi connectivity index (χ1v) is 8.91. The number of methoxy groups -OCH3 is 2. The van der Waals surface area contributed by atoms with Crippen LogP contribution in [0.4, 0.5) is 0 Å². The number of hydrogen-bond donors (Lipinski definition) is 1. The van der Waals surface area contributed by atoms with Gasteiger partial charge in [0, 0.05) is 31.5 Å². The molecule has 1 heterocycles. The summed E-state index contributed by atoms with van der Waals surface area (Å²) in [6.07, 6.45) is 1.13. The van der Waals surface area contributed by atoms with Crippen LogP contribution in [0.25, 0.3) is 0 Å². The Hall–Kier alpha value is -2.53. The van der Waals surface area contributed by atoms with E-state index < -0.39 is 0 Å². The second-order valence-corrected chi connectivity index (χ2v) is 6.67. The molecule has 0 unspecified atom stereocenters. The zero-order valence-electron chi connectivity index (χ0n) is 15.4. The number of nitrogens with two attached hydrogens (primary N) is 1.